The maximum absolute atomic E-state index is 12.4. The lowest BCUT2D eigenvalue weighted by Crippen LogP contribution is -2.49. The van der Waals surface area contributed by atoms with Crippen molar-refractivity contribution in [3.05, 3.63) is 0 Å². The number of aldehydes is 1. The molecule has 4 heteroatoms. The average Bonchev–Trinajstić information content (AvgIpc) is 2.08. The average molecular weight is 188 g/mol. The Morgan fingerprint density at radius 2 is 2.31 bits per heavy atom. The Balaban J connectivity index is 2.08. The fourth-order valence-electron chi connectivity index (χ4n) is 1.40. The highest BCUT2D eigenvalue weighted by Crippen LogP contribution is 2.14. The van der Waals surface area contributed by atoms with E-state index in [0.717, 1.165) is 19.3 Å². The van der Waals surface area contributed by atoms with Gasteiger partial charge < -0.3 is 10.5 Å². The third-order valence-electron chi connectivity index (χ3n) is 2.63. The van der Waals surface area contributed by atoms with Gasteiger partial charge in [-0.3, -0.25) is 4.90 Å². The molecule has 0 bridgehead atoms. The minimum atomic E-state index is -0.643. The molecular formula is C9H17FN2O. The van der Waals surface area contributed by atoms with Crippen LogP contribution in [0.1, 0.15) is 13.3 Å². The highest BCUT2D eigenvalue weighted by Gasteiger charge is 2.26. The lowest BCUT2D eigenvalue weighted by Gasteiger charge is -2.35. The summed E-state index contributed by atoms with van der Waals surface area (Å²) in [5.74, 6) is 0.191. The normalized spacial score (nSPS) is 23.6. The fourth-order valence-corrected chi connectivity index (χ4v) is 1.40. The molecule has 0 aromatic rings. The number of likely N-dealkylation sites (tertiary alicyclic amines) is 1. The first kappa shape index (κ1) is 10.6. The van der Waals surface area contributed by atoms with Gasteiger partial charge in [0.2, 0.25) is 0 Å². The van der Waals surface area contributed by atoms with Crippen LogP contribution in [0.2, 0.25) is 0 Å². The van der Waals surface area contributed by atoms with Crippen LogP contribution in [0, 0.1) is 5.92 Å². The molecule has 1 fully saturated rings. The first-order chi connectivity index (χ1) is 6.13. The zero-order chi connectivity index (χ0) is 9.84. The topological polar surface area (TPSA) is 46.3 Å². The SMILES string of the molecule is C[C@H](CCN1CC(F)C1)[C@H](N)C=O. The van der Waals surface area contributed by atoms with Crippen LogP contribution >= 0.6 is 0 Å². The van der Waals surface area contributed by atoms with Gasteiger partial charge in [-0.2, -0.15) is 0 Å². The Kier molecular flexibility index (Phi) is 3.81. The van der Waals surface area contributed by atoms with Crippen molar-refractivity contribution in [2.45, 2.75) is 25.6 Å². The van der Waals surface area contributed by atoms with Gasteiger partial charge in [0.25, 0.3) is 0 Å². The third-order valence-corrected chi connectivity index (χ3v) is 2.63. The summed E-state index contributed by atoms with van der Waals surface area (Å²) in [6.45, 7) is 3.89. The molecule has 1 saturated heterocycles. The molecule has 1 rings (SSSR count). The second kappa shape index (κ2) is 4.67. The number of nitrogens with zero attached hydrogens (tertiary/aromatic N) is 1. The molecule has 1 heterocycles. The zero-order valence-corrected chi connectivity index (χ0v) is 7.95. The molecule has 2 atom stereocenters. The lowest BCUT2D eigenvalue weighted by atomic mass is 9.99. The Hall–Kier alpha value is -0.480. The second-order valence-corrected chi connectivity index (χ2v) is 3.84. The van der Waals surface area contributed by atoms with Gasteiger partial charge in [0.1, 0.15) is 12.5 Å². The van der Waals surface area contributed by atoms with Gasteiger partial charge in [0, 0.05) is 13.1 Å². The Morgan fingerprint density at radius 3 is 2.77 bits per heavy atom. The van der Waals surface area contributed by atoms with E-state index in [0.29, 0.717) is 13.1 Å². The summed E-state index contributed by atoms with van der Waals surface area (Å²) < 4.78 is 12.4. The summed E-state index contributed by atoms with van der Waals surface area (Å²) in [6.07, 6.45) is 1.00. The Morgan fingerprint density at radius 1 is 1.69 bits per heavy atom. The predicted molar refractivity (Wildman–Crippen MR) is 49.2 cm³/mol. The van der Waals surface area contributed by atoms with Crippen molar-refractivity contribution < 1.29 is 9.18 Å². The number of alkyl halides is 1. The van der Waals surface area contributed by atoms with E-state index in [2.05, 4.69) is 0 Å². The number of rotatable bonds is 5. The van der Waals surface area contributed by atoms with Crippen LogP contribution in [0.25, 0.3) is 0 Å². The molecule has 0 radical (unpaired) electrons. The molecule has 13 heavy (non-hydrogen) atoms. The minimum absolute atomic E-state index is 0.191. The fraction of sp³-hybridized carbons (Fsp3) is 0.889. The lowest BCUT2D eigenvalue weighted by molar-refractivity contribution is -0.109. The van der Waals surface area contributed by atoms with E-state index in [1.165, 1.54) is 0 Å². The third kappa shape index (κ3) is 3.04. The van der Waals surface area contributed by atoms with Gasteiger partial charge in [-0.05, 0) is 18.9 Å². The van der Waals surface area contributed by atoms with E-state index in [9.17, 15) is 9.18 Å². The van der Waals surface area contributed by atoms with E-state index in [1.54, 1.807) is 0 Å². The molecule has 0 aromatic carbocycles. The molecule has 0 aromatic heterocycles. The van der Waals surface area contributed by atoms with Gasteiger partial charge in [-0.1, -0.05) is 6.92 Å². The molecule has 0 aliphatic carbocycles. The standard InChI is InChI=1S/C9H17FN2O/c1-7(9(11)6-13)2-3-12-4-8(10)5-12/h6-9H,2-5,11H2,1H3/t7-,9-/m1/s1. The highest BCUT2D eigenvalue weighted by molar-refractivity contribution is 5.57. The Bertz CT molecular complexity index is 171. The van der Waals surface area contributed by atoms with Crippen molar-refractivity contribution in [2.75, 3.05) is 19.6 Å². The van der Waals surface area contributed by atoms with Gasteiger partial charge >= 0.3 is 0 Å². The van der Waals surface area contributed by atoms with Crippen LogP contribution in [0.4, 0.5) is 4.39 Å². The monoisotopic (exact) mass is 188 g/mol. The number of carbonyl (C=O) groups excluding carboxylic acids is 1. The van der Waals surface area contributed by atoms with Crippen LogP contribution in [-0.2, 0) is 4.79 Å². The van der Waals surface area contributed by atoms with E-state index in [-0.39, 0.29) is 12.0 Å². The quantitative estimate of drug-likeness (QED) is 0.627. The van der Waals surface area contributed by atoms with Gasteiger partial charge in [0.05, 0.1) is 6.04 Å². The van der Waals surface area contributed by atoms with Crippen molar-refractivity contribution >= 4 is 6.29 Å². The summed E-state index contributed by atoms with van der Waals surface area (Å²) in [7, 11) is 0. The molecule has 0 saturated carbocycles. The maximum Gasteiger partial charge on any atom is 0.136 e. The smallest absolute Gasteiger partial charge is 0.136 e. The van der Waals surface area contributed by atoms with Crippen LogP contribution in [0.5, 0.6) is 0 Å². The van der Waals surface area contributed by atoms with Crippen LogP contribution in [-0.4, -0.2) is 43.0 Å². The number of nitrogens with two attached hydrogens (primary N) is 1. The van der Waals surface area contributed by atoms with Crippen LogP contribution in [0.3, 0.4) is 0 Å². The van der Waals surface area contributed by atoms with Crippen molar-refractivity contribution in [3.63, 3.8) is 0 Å². The molecule has 0 unspecified atom stereocenters. The van der Waals surface area contributed by atoms with Gasteiger partial charge in [-0.15, -0.1) is 0 Å². The van der Waals surface area contributed by atoms with Crippen molar-refractivity contribution in [1.29, 1.82) is 0 Å². The van der Waals surface area contributed by atoms with E-state index < -0.39 is 6.17 Å². The first-order valence-corrected chi connectivity index (χ1v) is 4.70. The molecule has 0 spiro atoms. The molecule has 3 nitrogen and oxygen atoms in total. The molecule has 2 N–H and O–H groups in total. The molecule has 0 amide bonds. The van der Waals surface area contributed by atoms with E-state index in [1.807, 2.05) is 11.8 Å². The summed E-state index contributed by atoms with van der Waals surface area (Å²) in [6, 6.07) is -0.373. The van der Waals surface area contributed by atoms with Crippen molar-refractivity contribution in [2.24, 2.45) is 11.7 Å². The zero-order valence-electron chi connectivity index (χ0n) is 7.95. The maximum atomic E-state index is 12.4. The van der Waals surface area contributed by atoms with Crippen molar-refractivity contribution in [3.8, 4) is 0 Å². The largest absolute Gasteiger partial charge is 0.322 e. The van der Waals surface area contributed by atoms with Crippen LogP contribution < -0.4 is 5.73 Å². The molecule has 1 aliphatic rings. The number of carbonyl (C=O) groups is 1. The molecular weight excluding hydrogens is 171 g/mol. The van der Waals surface area contributed by atoms with E-state index in [4.69, 9.17) is 5.73 Å². The summed E-state index contributed by atoms with van der Waals surface area (Å²) in [5, 5.41) is 0. The summed E-state index contributed by atoms with van der Waals surface area (Å²) >= 11 is 0. The first-order valence-electron chi connectivity index (χ1n) is 4.70. The summed E-state index contributed by atoms with van der Waals surface area (Å²) in [5.41, 5.74) is 5.53. The van der Waals surface area contributed by atoms with Crippen molar-refractivity contribution in [1.82, 2.24) is 4.90 Å². The highest BCUT2D eigenvalue weighted by atomic mass is 19.1. The number of halogens is 1. The number of hydrogen-bond donors (Lipinski definition) is 1. The Labute approximate surface area is 78.1 Å². The minimum Gasteiger partial charge on any atom is -0.322 e. The second-order valence-electron chi connectivity index (χ2n) is 3.84. The van der Waals surface area contributed by atoms with Gasteiger partial charge in [0.15, 0.2) is 0 Å². The summed E-state index contributed by atoms with van der Waals surface area (Å²) in [4.78, 5) is 12.4. The van der Waals surface area contributed by atoms with Crippen LogP contribution in [0.15, 0.2) is 0 Å². The predicted octanol–water partition coefficient (Wildman–Crippen LogP) is 0.193. The van der Waals surface area contributed by atoms with E-state index >= 15 is 0 Å². The molecule has 1 aliphatic heterocycles. The molecule has 76 valence electrons. The number of hydrogen-bond acceptors (Lipinski definition) is 3. The van der Waals surface area contributed by atoms with Gasteiger partial charge in [-0.25, -0.2) is 4.39 Å².